The molecule has 4 N–H and O–H groups in total. The summed E-state index contributed by atoms with van der Waals surface area (Å²) in [6.45, 7) is 0. The summed E-state index contributed by atoms with van der Waals surface area (Å²) in [5.74, 6) is 1.50. The van der Waals surface area contributed by atoms with Crippen LogP contribution in [0.15, 0.2) is 140 Å². The first-order valence-corrected chi connectivity index (χ1v) is 15.6. The Kier molecular flexibility index (Phi) is 7.60. The van der Waals surface area contributed by atoms with Gasteiger partial charge >= 0.3 is 6.01 Å². The Morgan fingerprint density at radius 3 is 1.58 bits per heavy atom. The number of H-pyrrole nitrogens is 2. The summed E-state index contributed by atoms with van der Waals surface area (Å²) in [6, 6.07) is 46.5. The predicted molar refractivity (Wildman–Crippen MR) is 190 cm³/mol. The first-order valence-electron chi connectivity index (χ1n) is 15.6. The van der Waals surface area contributed by atoms with Crippen LogP contribution in [0.4, 0.5) is 23.3 Å². The van der Waals surface area contributed by atoms with Crippen LogP contribution in [0.3, 0.4) is 0 Å². The number of hydrogen-bond acceptors (Lipinski definition) is 7. The molecule has 8 aromatic rings. The predicted octanol–water partition coefficient (Wildman–Crippen LogP) is 9.30. The molecule has 3 aromatic heterocycles. The lowest BCUT2D eigenvalue weighted by Gasteiger charge is -2.18. The number of methoxy groups -OCH3 is 1. The Balaban J connectivity index is 1.21. The molecule has 0 aliphatic carbocycles. The molecule has 0 radical (unpaired) electrons. The zero-order chi connectivity index (χ0) is 32.3. The van der Waals surface area contributed by atoms with E-state index in [2.05, 4.69) is 78.0 Å². The molecule has 234 valence electrons. The average molecular weight is 630 g/mol. The third kappa shape index (κ3) is 6.00. The van der Waals surface area contributed by atoms with Gasteiger partial charge in [0.1, 0.15) is 0 Å². The van der Waals surface area contributed by atoms with E-state index in [0.717, 1.165) is 50.1 Å². The van der Waals surface area contributed by atoms with E-state index in [1.54, 1.807) is 7.11 Å². The van der Waals surface area contributed by atoms with Gasteiger partial charge in [-0.1, -0.05) is 78.9 Å². The van der Waals surface area contributed by atoms with Gasteiger partial charge in [0.2, 0.25) is 11.9 Å². The zero-order valence-corrected chi connectivity index (χ0v) is 26.0. The van der Waals surface area contributed by atoms with Gasteiger partial charge in [-0.2, -0.15) is 15.0 Å². The largest absolute Gasteiger partial charge is 0.493 e. The van der Waals surface area contributed by atoms with Gasteiger partial charge in [-0.15, -0.1) is 0 Å². The minimum atomic E-state index is -0.165. The van der Waals surface area contributed by atoms with Crippen LogP contribution in [0.5, 0.6) is 17.5 Å². The summed E-state index contributed by atoms with van der Waals surface area (Å²) in [7, 11) is 1.62. The molecule has 9 heteroatoms. The van der Waals surface area contributed by atoms with Gasteiger partial charge in [0.25, 0.3) is 0 Å². The van der Waals surface area contributed by atoms with Crippen LogP contribution in [-0.2, 0) is 0 Å². The van der Waals surface area contributed by atoms with Gasteiger partial charge in [0.15, 0.2) is 11.5 Å². The Hall–Kier alpha value is -6.61. The van der Waals surface area contributed by atoms with Crippen molar-refractivity contribution in [2.24, 2.45) is 0 Å². The molecule has 0 atom stereocenters. The molecule has 0 aliphatic rings. The van der Waals surface area contributed by atoms with Gasteiger partial charge < -0.3 is 30.1 Å². The van der Waals surface area contributed by atoms with E-state index in [-0.39, 0.29) is 11.9 Å². The van der Waals surface area contributed by atoms with E-state index >= 15 is 0 Å². The van der Waals surface area contributed by atoms with Crippen molar-refractivity contribution >= 4 is 45.1 Å². The molecular formula is C39H31N7O2. The van der Waals surface area contributed by atoms with E-state index in [1.165, 1.54) is 0 Å². The molecule has 5 aromatic carbocycles. The van der Waals surface area contributed by atoms with Crippen LogP contribution in [0.1, 0.15) is 22.9 Å². The maximum atomic E-state index is 6.45. The molecule has 0 saturated carbocycles. The third-order valence-electron chi connectivity index (χ3n) is 8.12. The Bertz CT molecular complexity index is 2130. The van der Waals surface area contributed by atoms with Crippen molar-refractivity contribution in [2.45, 2.75) is 5.92 Å². The highest BCUT2D eigenvalue weighted by Gasteiger charge is 2.23. The van der Waals surface area contributed by atoms with E-state index in [1.807, 2.05) is 97.1 Å². The first-order chi connectivity index (χ1) is 23.7. The summed E-state index contributed by atoms with van der Waals surface area (Å²) in [5, 5.41) is 8.80. The topological polar surface area (TPSA) is 113 Å². The van der Waals surface area contributed by atoms with E-state index < -0.39 is 0 Å². The highest BCUT2D eigenvalue weighted by molar-refractivity contribution is 5.83. The number of aromatic amines is 2. The Labute approximate surface area is 276 Å². The molecule has 0 bridgehead atoms. The average Bonchev–Trinajstić information content (AvgIpc) is 3.74. The standard InChI is InChI=1S/C39H31N7O2/c1-47-34-21-20-27(36(32-22-25-12-8-10-18-30(25)42-32)33-23-26-13-9-11-19-31(26)43-33)24-35(34)48-39-45-37(40-28-14-4-2-5-15-28)44-38(46-39)41-29-16-6-3-7-17-29/h2-24,36,42-43H,1H3,(H2,40,41,44,45,46). The fraction of sp³-hybridized carbons (Fsp3) is 0.0513. The second-order valence-electron chi connectivity index (χ2n) is 11.3. The van der Waals surface area contributed by atoms with Crippen LogP contribution in [-0.4, -0.2) is 32.0 Å². The number of nitrogens with zero attached hydrogens (tertiary/aromatic N) is 3. The number of rotatable bonds is 10. The minimum absolute atomic E-state index is 0.102. The lowest BCUT2D eigenvalue weighted by atomic mass is 9.92. The monoisotopic (exact) mass is 629 g/mol. The number of para-hydroxylation sites is 4. The molecule has 0 spiro atoms. The normalized spacial score (nSPS) is 11.2. The molecule has 3 heterocycles. The molecule has 8 rings (SSSR count). The summed E-state index contributed by atoms with van der Waals surface area (Å²) in [6.07, 6.45) is 0. The number of benzene rings is 5. The molecule has 0 amide bonds. The van der Waals surface area contributed by atoms with Crippen molar-refractivity contribution in [2.75, 3.05) is 17.7 Å². The van der Waals surface area contributed by atoms with Crippen molar-refractivity contribution in [3.05, 3.63) is 156 Å². The highest BCUT2D eigenvalue weighted by Crippen LogP contribution is 2.40. The smallest absolute Gasteiger partial charge is 0.328 e. The van der Waals surface area contributed by atoms with Crippen LogP contribution in [0.25, 0.3) is 21.8 Å². The van der Waals surface area contributed by atoms with Crippen molar-refractivity contribution < 1.29 is 9.47 Å². The maximum Gasteiger partial charge on any atom is 0.328 e. The van der Waals surface area contributed by atoms with Gasteiger partial charge in [0, 0.05) is 33.8 Å². The molecule has 0 aliphatic heterocycles. The number of hydrogen-bond donors (Lipinski definition) is 4. The van der Waals surface area contributed by atoms with Crippen LogP contribution < -0.4 is 20.1 Å². The third-order valence-corrected chi connectivity index (χ3v) is 8.12. The second-order valence-corrected chi connectivity index (χ2v) is 11.3. The molecule has 0 saturated heterocycles. The zero-order valence-electron chi connectivity index (χ0n) is 26.0. The van der Waals surface area contributed by atoms with E-state index in [9.17, 15) is 0 Å². The minimum Gasteiger partial charge on any atom is -0.493 e. The Morgan fingerprint density at radius 2 is 1.06 bits per heavy atom. The van der Waals surface area contributed by atoms with Crippen LogP contribution in [0, 0.1) is 0 Å². The number of nitrogens with one attached hydrogen (secondary N) is 4. The van der Waals surface area contributed by atoms with Crippen molar-refractivity contribution in [3.8, 4) is 17.5 Å². The lowest BCUT2D eigenvalue weighted by molar-refractivity contribution is 0.367. The summed E-state index contributed by atoms with van der Waals surface area (Å²) in [4.78, 5) is 21.2. The molecule has 0 unspecified atom stereocenters. The molecule has 48 heavy (non-hydrogen) atoms. The Morgan fingerprint density at radius 1 is 0.542 bits per heavy atom. The SMILES string of the molecule is COc1ccc(C(c2cc3ccccc3[nH]2)c2cc3ccccc3[nH]2)cc1Oc1nc(Nc2ccccc2)nc(Nc2ccccc2)n1. The second kappa shape index (κ2) is 12.6. The van der Waals surface area contributed by atoms with Gasteiger partial charge in [-0.05, 0) is 77.0 Å². The molecule has 0 fully saturated rings. The van der Waals surface area contributed by atoms with Gasteiger partial charge in [0.05, 0.1) is 13.0 Å². The van der Waals surface area contributed by atoms with Crippen molar-refractivity contribution in [3.63, 3.8) is 0 Å². The number of fused-ring (bicyclic) bond motifs is 2. The van der Waals surface area contributed by atoms with E-state index in [0.29, 0.717) is 23.4 Å². The van der Waals surface area contributed by atoms with Gasteiger partial charge in [-0.3, -0.25) is 0 Å². The highest BCUT2D eigenvalue weighted by atomic mass is 16.5. The van der Waals surface area contributed by atoms with Crippen molar-refractivity contribution in [1.82, 2.24) is 24.9 Å². The van der Waals surface area contributed by atoms with Gasteiger partial charge in [-0.25, -0.2) is 0 Å². The summed E-state index contributed by atoms with van der Waals surface area (Å²) < 4.78 is 12.2. The first kappa shape index (κ1) is 28.8. The van der Waals surface area contributed by atoms with Crippen LogP contribution >= 0.6 is 0 Å². The number of ether oxygens (including phenoxy) is 2. The molecule has 9 nitrogen and oxygen atoms in total. The maximum absolute atomic E-state index is 6.45. The summed E-state index contributed by atoms with van der Waals surface area (Å²) >= 11 is 0. The number of anilines is 4. The fourth-order valence-electron chi connectivity index (χ4n) is 5.90. The lowest BCUT2D eigenvalue weighted by Crippen LogP contribution is -2.07. The van der Waals surface area contributed by atoms with Crippen LogP contribution in [0.2, 0.25) is 0 Å². The molecular weight excluding hydrogens is 598 g/mol. The fourth-order valence-corrected chi connectivity index (χ4v) is 5.90. The summed E-state index contributed by atoms with van der Waals surface area (Å²) in [5.41, 5.74) is 6.88. The quantitative estimate of drug-likeness (QED) is 0.119. The number of aromatic nitrogens is 5. The van der Waals surface area contributed by atoms with Crippen molar-refractivity contribution in [1.29, 1.82) is 0 Å². The van der Waals surface area contributed by atoms with E-state index in [4.69, 9.17) is 9.47 Å².